The number of hydrogen-bond acceptors (Lipinski definition) is 4. The summed E-state index contributed by atoms with van der Waals surface area (Å²) in [5, 5.41) is 14.3. The Hall–Kier alpha value is -0.940. The van der Waals surface area contributed by atoms with Gasteiger partial charge in [0.1, 0.15) is 6.04 Å². The number of carboxylic acids is 1. The number of rotatable bonds is 4. The molecule has 0 radical (unpaired) electrons. The normalized spacial score (nSPS) is 12.8. The Morgan fingerprint density at radius 2 is 2.54 bits per heavy atom. The Morgan fingerprint density at radius 3 is 2.92 bits per heavy atom. The summed E-state index contributed by atoms with van der Waals surface area (Å²) in [4.78, 5) is 14.9. The van der Waals surface area contributed by atoms with Crippen molar-refractivity contribution < 1.29 is 9.90 Å². The molecular weight excluding hydrogens is 188 g/mol. The van der Waals surface area contributed by atoms with Crippen LogP contribution in [0.4, 0.5) is 0 Å². The summed E-state index contributed by atoms with van der Waals surface area (Å²) in [6, 6.07) is -0.684. The number of likely N-dealkylation sites (N-methyl/N-ethyl adjacent to an activating group) is 1. The molecule has 0 fully saturated rings. The molecule has 1 heterocycles. The highest BCUT2D eigenvalue weighted by Gasteiger charge is 2.19. The van der Waals surface area contributed by atoms with Crippen LogP contribution in [-0.4, -0.2) is 23.1 Å². The van der Waals surface area contributed by atoms with Gasteiger partial charge in [-0.2, -0.15) is 0 Å². The molecule has 0 saturated heterocycles. The average molecular weight is 200 g/mol. The molecule has 1 atom stereocenters. The summed E-state index contributed by atoms with van der Waals surface area (Å²) in [5.74, 6) is -0.893. The lowest BCUT2D eigenvalue weighted by molar-refractivity contribution is -0.139. The van der Waals surface area contributed by atoms with E-state index in [0.717, 1.165) is 11.4 Å². The van der Waals surface area contributed by atoms with Crippen LogP contribution in [0.3, 0.4) is 0 Å². The van der Waals surface area contributed by atoms with Crippen molar-refractivity contribution in [3.05, 3.63) is 16.1 Å². The fraction of sp³-hybridized carbons (Fsp3) is 0.500. The maximum Gasteiger partial charge on any atom is 0.327 e. The first-order valence-electron chi connectivity index (χ1n) is 4.03. The number of carbonyl (C=O) groups is 1. The molecule has 0 bridgehead atoms. The SMILES string of the molecule is CCc1nc(C(NC)C(=O)O)cs1. The van der Waals surface area contributed by atoms with Gasteiger partial charge in [0.15, 0.2) is 0 Å². The van der Waals surface area contributed by atoms with Crippen LogP contribution in [0.1, 0.15) is 23.7 Å². The quantitative estimate of drug-likeness (QED) is 0.762. The zero-order chi connectivity index (χ0) is 9.84. The zero-order valence-electron chi connectivity index (χ0n) is 7.57. The van der Waals surface area contributed by atoms with Gasteiger partial charge in [-0.15, -0.1) is 11.3 Å². The van der Waals surface area contributed by atoms with E-state index in [9.17, 15) is 4.79 Å². The minimum atomic E-state index is -0.893. The van der Waals surface area contributed by atoms with E-state index in [2.05, 4.69) is 10.3 Å². The predicted molar refractivity (Wildman–Crippen MR) is 50.9 cm³/mol. The minimum Gasteiger partial charge on any atom is -0.480 e. The molecule has 13 heavy (non-hydrogen) atoms. The van der Waals surface area contributed by atoms with Gasteiger partial charge in [-0.25, -0.2) is 4.98 Å². The first-order valence-corrected chi connectivity index (χ1v) is 4.91. The Balaban J connectivity index is 2.85. The molecule has 4 nitrogen and oxygen atoms in total. The number of thiazole rings is 1. The fourth-order valence-corrected chi connectivity index (χ4v) is 1.79. The van der Waals surface area contributed by atoms with Crippen molar-refractivity contribution in [2.24, 2.45) is 0 Å². The maximum atomic E-state index is 10.7. The van der Waals surface area contributed by atoms with Gasteiger partial charge < -0.3 is 10.4 Å². The Labute approximate surface area is 80.6 Å². The largest absolute Gasteiger partial charge is 0.480 e. The van der Waals surface area contributed by atoms with Crippen LogP contribution in [0.25, 0.3) is 0 Å². The van der Waals surface area contributed by atoms with Crippen molar-refractivity contribution in [3.8, 4) is 0 Å². The summed E-state index contributed by atoms with van der Waals surface area (Å²) < 4.78 is 0. The molecule has 0 spiro atoms. The number of nitrogens with one attached hydrogen (secondary N) is 1. The highest BCUT2D eigenvalue weighted by atomic mass is 32.1. The van der Waals surface area contributed by atoms with Gasteiger partial charge in [-0.3, -0.25) is 4.79 Å². The number of aryl methyl sites for hydroxylation is 1. The van der Waals surface area contributed by atoms with Crippen LogP contribution in [0.5, 0.6) is 0 Å². The molecule has 0 saturated carbocycles. The maximum absolute atomic E-state index is 10.7. The van der Waals surface area contributed by atoms with Crippen molar-refractivity contribution in [2.45, 2.75) is 19.4 Å². The van der Waals surface area contributed by atoms with Crippen LogP contribution in [0.2, 0.25) is 0 Å². The van der Waals surface area contributed by atoms with Crippen molar-refractivity contribution in [3.63, 3.8) is 0 Å². The van der Waals surface area contributed by atoms with Crippen LogP contribution in [0.15, 0.2) is 5.38 Å². The second-order valence-corrected chi connectivity index (χ2v) is 3.52. The lowest BCUT2D eigenvalue weighted by Gasteiger charge is -2.06. The van der Waals surface area contributed by atoms with E-state index in [1.165, 1.54) is 11.3 Å². The Morgan fingerprint density at radius 1 is 1.85 bits per heavy atom. The lowest BCUT2D eigenvalue weighted by Crippen LogP contribution is -2.25. The molecule has 0 aromatic carbocycles. The smallest absolute Gasteiger partial charge is 0.327 e. The molecule has 0 amide bonds. The lowest BCUT2D eigenvalue weighted by atomic mass is 10.2. The van der Waals surface area contributed by atoms with E-state index in [-0.39, 0.29) is 0 Å². The van der Waals surface area contributed by atoms with E-state index in [4.69, 9.17) is 5.11 Å². The molecule has 2 N–H and O–H groups in total. The zero-order valence-corrected chi connectivity index (χ0v) is 8.39. The van der Waals surface area contributed by atoms with Gasteiger partial charge in [0.25, 0.3) is 0 Å². The van der Waals surface area contributed by atoms with Crippen LogP contribution < -0.4 is 5.32 Å². The molecule has 1 aromatic heterocycles. The van der Waals surface area contributed by atoms with E-state index < -0.39 is 12.0 Å². The topological polar surface area (TPSA) is 62.2 Å². The first kappa shape index (κ1) is 10.1. The molecular formula is C8H12N2O2S. The van der Waals surface area contributed by atoms with E-state index in [1.807, 2.05) is 6.92 Å². The molecule has 5 heteroatoms. The van der Waals surface area contributed by atoms with Gasteiger partial charge in [0.05, 0.1) is 10.7 Å². The summed E-state index contributed by atoms with van der Waals surface area (Å²) in [6.45, 7) is 2.00. The number of nitrogens with zero attached hydrogens (tertiary/aromatic N) is 1. The van der Waals surface area contributed by atoms with Gasteiger partial charge in [0.2, 0.25) is 0 Å². The highest BCUT2D eigenvalue weighted by molar-refractivity contribution is 7.09. The van der Waals surface area contributed by atoms with Crippen LogP contribution >= 0.6 is 11.3 Å². The molecule has 1 rings (SSSR count). The number of hydrogen-bond donors (Lipinski definition) is 2. The summed E-state index contributed by atoms with van der Waals surface area (Å²) in [7, 11) is 1.61. The second-order valence-electron chi connectivity index (χ2n) is 2.58. The second kappa shape index (κ2) is 4.34. The van der Waals surface area contributed by atoms with Crippen LogP contribution in [-0.2, 0) is 11.2 Å². The fourth-order valence-electron chi connectivity index (χ4n) is 1.02. The van der Waals surface area contributed by atoms with E-state index in [0.29, 0.717) is 5.69 Å². The van der Waals surface area contributed by atoms with E-state index in [1.54, 1.807) is 12.4 Å². The minimum absolute atomic E-state index is 0.594. The standard InChI is InChI=1S/C8H12N2O2S/c1-3-6-10-5(4-13-6)7(9-2)8(11)12/h4,7,9H,3H2,1-2H3,(H,11,12). The molecule has 1 aromatic rings. The highest BCUT2D eigenvalue weighted by Crippen LogP contribution is 2.16. The van der Waals surface area contributed by atoms with Crippen molar-refractivity contribution in [2.75, 3.05) is 7.05 Å². The average Bonchev–Trinajstić information content (AvgIpc) is 2.53. The third-order valence-corrected chi connectivity index (χ3v) is 2.71. The molecule has 1 unspecified atom stereocenters. The number of aromatic nitrogens is 1. The monoisotopic (exact) mass is 200 g/mol. The third kappa shape index (κ3) is 2.26. The summed E-state index contributed by atoms with van der Waals surface area (Å²) >= 11 is 1.50. The van der Waals surface area contributed by atoms with Crippen LogP contribution in [0, 0.1) is 0 Å². The first-order chi connectivity index (χ1) is 6.19. The van der Waals surface area contributed by atoms with E-state index >= 15 is 0 Å². The molecule has 0 aliphatic rings. The van der Waals surface area contributed by atoms with Gasteiger partial charge in [-0.1, -0.05) is 6.92 Å². The van der Waals surface area contributed by atoms with Crippen molar-refractivity contribution in [1.29, 1.82) is 0 Å². The third-order valence-electron chi connectivity index (χ3n) is 1.70. The van der Waals surface area contributed by atoms with Crippen molar-refractivity contribution in [1.82, 2.24) is 10.3 Å². The van der Waals surface area contributed by atoms with Gasteiger partial charge in [-0.05, 0) is 13.5 Å². The predicted octanol–water partition coefficient (Wildman–Crippen LogP) is 1.05. The number of aliphatic carboxylic acids is 1. The van der Waals surface area contributed by atoms with Crippen molar-refractivity contribution >= 4 is 17.3 Å². The number of carboxylic acid groups (broad SMARTS) is 1. The Bertz CT molecular complexity index is 298. The molecule has 0 aliphatic heterocycles. The van der Waals surface area contributed by atoms with Gasteiger partial charge in [0, 0.05) is 5.38 Å². The summed E-state index contributed by atoms with van der Waals surface area (Å²) in [6.07, 6.45) is 0.848. The Kier molecular flexibility index (Phi) is 3.39. The summed E-state index contributed by atoms with van der Waals surface area (Å²) in [5.41, 5.74) is 0.594. The molecule has 0 aliphatic carbocycles. The molecule has 72 valence electrons. The van der Waals surface area contributed by atoms with Gasteiger partial charge >= 0.3 is 5.97 Å².